The van der Waals surface area contributed by atoms with Crippen molar-refractivity contribution in [2.24, 2.45) is 4.99 Å². The highest BCUT2D eigenvalue weighted by Crippen LogP contribution is 2.14. The van der Waals surface area contributed by atoms with Gasteiger partial charge < -0.3 is 19.7 Å². The molecule has 1 aromatic rings. The van der Waals surface area contributed by atoms with Crippen molar-refractivity contribution in [2.75, 3.05) is 40.5 Å². The topological polar surface area (TPSA) is 46.1 Å². The molecule has 20 heavy (non-hydrogen) atoms. The SMILES string of the molecule is CN=C(NCc1ccc(C)s1)N1CCOC(COC)C1. The molecule has 0 bridgehead atoms. The summed E-state index contributed by atoms with van der Waals surface area (Å²) in [5.74, 6) is 0.931. The Kier molecular flexibility index (Phi) is 5.82. The quantitative estimate of drug-likeness (QED) is 0.675. The van der Waals surface area contributed by atoms with E-state index in [-0.39, 0.29) is 6.10 Å². The number of nitrogens with zero attached hydrogens (tertiary/aromatic N) is 2. The molecule has 0 saturated carbocycles. The molecular formula is C14H23N3O2S. The number of rotatable bonds is 4. The van der Waals surface area contributed by atoms with Crippen LogP contribution in [0.15, 0.2) is 17.1 Å². The molecule has 0 spiro atoms. The summed E-state index contributed by atoms with van der Waals surface area (Å²) in [5.41, 5.74) is 0. The van der Waals surface area contributed by atoms with E-state index in [4.69, 9.17) is 9.47 Å². The van der Waals surface area contributed by atoms with E-state index in [0.29, 0.717) is 13.2 Å². The van der Waals surface area contributed by atoms with E-state index in [2.05, 4.69) is 34.3 Å². The van der Waals surface area contributed by atoms with Crippen molar-refractivity contribution in [2.45, 2.75) is 19.6 Å². The minimum Gasteiger partial charge on any atom is -0.382 e. The number of hydrogen-bond donors (Lipinski definition) is 1. The Morgan fingerprint density at radius 2 is 2.45 bits per heavy atom. The summed E-state index contributed by atoms with van der Waals surface area (Å²) in [6, 6.07) is 4.31. The summed E-state index contributed by atoms with van der Waals surface area (Å²) < 4.78 is 10.8. The van der Waals surface area contributed by atoms with Crippen molar-refractivity contribution in [3.63, 3.8) is 0 Å². The van der Waals surface area contributed by atoms with E-state index < -0.39 is 0 Å². The van der Waals surface area contributed by atoms with Crippen LogP contribution in [-0.4, -0.2) is 57.4 Å². The van der Waals surface area contributed by atoms with Gasteiger partial charge in [-0.25, -0.2) is 0 Å². The zero-order valence-electron chi connectivity index (χ0n) is 12.4. The van der Waals surface area contributed by atoms with Gasteiger partial charge in [-0.15, -0.1) is 11.3 Å². The van der Waals surface area contributed by atoms with E-state index >= 15 is 0 Å². The number of nitrogens with one attached hydrogen (secondary N) is 1. The van der Waals surface area contributed by atoms with Gasteiger partial charge in [0.25, 0.3) is 0 Å². The van der Waals surface area contributed by atoms with E-state index in [1.165, 1.54) is 9.75 Å². The van der Waals surface area contributed by atoms with E-state index in [0.717, 1.165) is 25.6 Å². The van der Waals surface area contributed by atoms with Crippen LogP contribution in [0, 0.1) is 6.92 Å². The lowest BCUT2D eigenvalue weighted by atomic mass is 10.3. The maximum absolute atomic E-state index is 5.66. The predicted octanol–water partition coefficient (Wildman–Crippen LogP) is 1.48. The molecule has 1 saturated heterocycles. The summed E-state index contributed by atoms with van der Waals surface area (Å²) in [6.07, 6.45) is 0.122. The second kappa shape index (κ2) is 7.61. The van der Waals surface area contributed by atoms with E-state index in [9.17, 15) is 0 Å². The first-order chi connectivity index (χ1) is 9.72. The van der Waals surface area contributed by atoms with E-state index in [1.54, 1.807) is 7.11 Å². The molecule has 0 radical (unpaired) electrons. The van der Waals surface area contributed by atoms with Gasteiger partial charge in [0.15, 0.2) is 5.96 Å². The zero-order valence-corrected chi connectivity index (χ0v) is 13.2. The molecule has 5 nitrogen and oxygen atoms in total. The summed E-state index contributed by atoms with van der Waals surface area (Å²) >= 11 is 1.81. The smallest absolute Gasteiger partial charge is 0.194 e. The number of hydrogen-bond acceptors (Lipinski definition) is 4. The maximum Gasteiger partial charge on any atom is 0.194 e. The number of thiophene rings is 1. The van der Waals surface area contributed by atoms with Gasteiger partial charge in [0.2, 0.25) is 0 Å². The third kappa shape index (κ3) is 4.19. The molecule has 0 aliphatic carbocycles. The zero-order chi connectivity index (χ0) is 14.4. The van der Waals surface area contributed by atoms with Gasteiger partial charge in [0.1, 0.15) is 0 Å². The number of aliphatic imine (C=N–C) groups is 1. The summed E-state index contributed by atoms with van der Waals surface area (Å²) in [7, 11) is 3.53. The van der Waals surface area contributed by atoms with Crippen LogP contribution in [0.5, 0.6) is 0 Å². The number of guanidine groups is 1. The Morgan fingerprint density at radius 3 is 3.10 bits per heavy atom. The van der Waals surface area contributed by atoms with Crippen molar-refractivity contribution < 1.29 is 9.47 Å². The first-order valence-corrected chi connectivity index (χ1v) is 7.66. The van der Waals surface area contributed by atoms with Crippen molar-refractivity contribution in [1.29, 1.82) is 0 Å². The van der Waals surface area contributed by atoms with Crippen LogP contribution in [-0.2, 0) is 16.0 Å². The molecule has 6 heteroatoms. The molecule has 1 unspecified atom stereocenters. The Morgan fingerprint density at radius 1 is 1.60 bits per heavy atom. The molecule has 0 aromatic carbocycles. The summed E-state index contributed by atoms with van der Waals surface area (Å²) in [5, 5.41) is 3.42. The maximum atomic E-state index is 5.66. The fraction of sp³-hybridized carbons (Fsp3) is 0.643. The average Bonchev–Trinajstić information content (AvgIpc) is 2.86. The summed E-state index contributed by atoms with van der Waals surface area (Å²) in [6.45, 7) is 5.96. The molecule has 1 aliphatic heterocycles. The van der Waals surface area contributed by atoms with Gasteiger partial charge in [-0.1, -0.05) is 0 Å². The third-order valence-electron chi connectivity index (χ3n) is 3.22. The van der Waals surface area contributed by atoms with Gasteiger partial charge in [0, 0.05) is 37.0 Å². The van der Waals surface area contributed by atoms with Crippen LogP contribution >= 0.6 is 11.3 Å². The normalized spacial score (nSPS) is 20.2. The highest BCUT2D eigenvalue weighted by molar-refractivity contribution is 7.11. The molecule has 1 N–H and O–H groups in total. The van der Waals surface area contributed by atoms with Crippen LogP contribution in [0.1, 0.15) is 9.75 Å². The fourth-order valence-electron chi connectivity index (χ4n) is 2.28. The minimum atomic E-state index is 0.122. The molecule has 1 aromatic heterocycles. The molecule has 2 rings (SSSR count). The monoisotopic (exact) mass is 297 g/mol. The van der Waals surface area contributed by atoms with Crippen LogP contribution in [0.2, 0.25) is 0 Å². The predicted molar refractivity (Wildman–Crippen MR) is 82.4 cm³/mol. The molecular weight excluding hydrogens is 274 g/mol. The van der Waals surface area contributed by atoms with Crippen LogP contribution in [0.25, 0.3) is 0 Å². The molecule has 1 atom stereocenters. The third-order valence-corrected chi connectivity index (χ3v) is 4.22. The number of morpholine rings is 1. The van der Waals surface area contributed by atoms with Gasteiger partial charge in [-0.3, -0.25) is 4.99 Å². The first kappa shape index (κ1) is 15.3. The lowest BCUT2D eigenvalue weighted by Crippen LogP contribution is -2.51. The fourth-order valence-corrected chi connectivity index (χ4v) is 3.11. The lowest BCUT2D eigenvalue weighted by Gasteiger charge is -2.34. The molecule has 0 amide bonds. The lowest BCUT2D eigenvalue weighted by molar-refractivity contribution is -0.0447. The Bertz CT molecular complexity index is 445. The number of methoxy groups -OCH3 is 1. The highest BCUT2D eigenvalue weighted by Gasteiger charge is 2.22. The van der Waals surface area contributed by atoms with Gasteiger partial charge in [-0.05, 0) is 19.1 Å². The average molecular weight is 297 g/mol. The van der Waals surface area contributed by atoms with Gasteiger partial charge in [0.05, 0.1) is 25.9 Å². The Labute approximate surface area is 124 Å². The Balaban J connectivity index is 1.87. The van der Waals surface area contributed by atoms with Crippen molar-refractivity contribution in [3.8, 4) is 0 Å². The standard InChI is InChI=1S/C14H23N3O2S/c1-11-4-5-13(20-11)8-16-14(15-2)17-6-7-19-12(9-17)10-18-3/h4-5,12H,6-10H2,1-3H3,(H,15,16). The molecule has 1 aliphatic rings. The number of aryl methyl sites for hydroxylation is 1. The first-order valence-electron chi connectivity index (χ1n) is 6.84. The van der Waals surface area contributed by atoms with Crippen molar-refractivity contribution in [3.05, 3.63) is 21.9 Å². The largest absolute Gasteiger partial charge is 0.382 e. The van der Waals surface area contributed by atoms with Crippen molar-refractivity contribution >= 4 is 17.3 Å². The molecule has 2 heterocycles. The Hall–Kier alpha value is -1.11. The number of ether oxygens (including phenoxy) is 2. The molecule has 112 valence electrons. The highest BCUT2D eigenvalue weighted by atomic mass is 32.1. The second-order valence-electron chi connectivity index (χ2n) is 4.81. The second-order valence-corrected chi connectivity index (χ2v) is 6.18. The van der Waals surface area contributed by atoms with Gasteiger partial charge in [-0.2, -0.15) is 0 Å². The minimum absolute atomic E-state index is 0.122. The van der Waals surface area contributed by atoms with Gasteiger partial charge >= 0.3 is 0 Å². The van der Waals surface area contributed by atoms with E-state index in [1.807, 2.05) is 18.4 Å². The van der Waals surface area contributed by atoms with Crippen molar-refractivity contribution in [1.82, 2.24) is 10.2 Å². The summed E-state index contributed by atoms with van der Waals surface area (Å²) in [4.78, 5) is 9.26. The van der Waals surface area contributed by atoms with Crippen LogP contribution < -0.4 is 5.32 Å². The van der Waals surface area contributed by atoms with Crippen LogP contribution in [0.3, 0.4) is 0 Å². The van der Waals surface area contributed by atoms with Crippen LogP contribution in [0.4, 0.5) is 0 Å². The molecule has 1 fully saturated rings.